The van der Waals surface area contributed by atoms with Crippen molar-refractivity contribution >= 4 is 47.6 Å². The van der Waals surface area contributed by atoms with Crippen LogP contribution in [0.3, 0.4) is 0 Å². The molecule has 0 fully saturated rings. The Morgan fingerprint density at radius 2 is 1.62 bits per heavy atom. The van der Waals surface area contributed by atoms with E-state index >= 15 is 0 Å². The molecule has 0 unspecified atom stereocenters. The fraction of sp³-hybridized carbons (Fsp3) is 1.00. The van der Waals surface area contributed by atoms with Crippen molar-refractivity contribution in [2.45, 2.75) is 26.4 Å². The molecule has 0 amide bonds. The second kappa shape index (κ2) is 3.72. The van der Waals surface area contributed by atoms with Crippen LogP contribution in [0.4, 0.5) is 0 Å². The molecule has 0 aliphatic carbocycles. The largest absolute Gasteiger partial charge is 0.397 e. The first-order chi connectivity index (χ1) is 3.42. The van der Waals surface area contributed by atoms with Gasteiger partial charge in [0.25, 0.3) is 0 Å². The molecule has 0 bridgehead atoms. The molecule has 1 nitrogen and oxygen atoms in total. The molecule has 0 saturated heterocycles. The van der Waals surface area contributed by atoms with Crippen LogP contribution in [-0.2, 0) is 4.43 Å². The van der Waals surface area contributed by atoms with E-state index < -0.39 is 4.03 Å². The summed E-state index contributed by atoms with van der Waals surface area (Å²) in [4.78, 5) is 0. The molecule has 0 heterocycles. The van der Waals surface area contributed by atoms with Crippen LogP contribution in [0, 0.1) is 0 Å². The number of hydrogen-bond donors (Lipinski definition) is 0. The zero-order valence-electron chi connectivity index (χ0n) is 5.24. The van der Waals surface area contributed by atoms with Gasteiger partial charge in [-0.25, -0.2) is 0 Å². The lowest BCUT2D eigenvalue weighted by Gasteiger charge is -2.20. The zero-order chi connectivity index (χ0) is 6.78. The minimum absolute atomic E-state index is 0.0687. The molecule has 0 saturated carbocycles. The molecular formula is C4H10I2OSi. The van der Waals surface area contributed by atoms with E-state index in [1.807, 2.05) is 0 Å². The summed E-state index contributed by atoms with van der Waals surface area (Å²) in [6.45, 7) is 6.26. The molecule has 0 aromatic carbocycles. The summed E-state index contributed by atoms with van der Waals surface area (Å²) >= 11 is 4.74. The summed E-state index contributed by atoms with van der Waals surface area (Å²) in [5, 5.41) is 0. The van der Waals surface area contributed by atoms with Crippen LogP contribution in [-0.4, -0.2) is 9.63 Å². The lowest BCUT2D eigenvalue weighted by Crippen LogP contribution is -2.22. The van der Waals surface area contributed by atoms with E-state index in [2.05, 4.69) is 64.4 Å². The fourth-order valence-corrected chi connectivity index (χ4v) is 5.38. The molecule has 0 aliphatic rings. The highest BCUT2D eigenvalue weighted by Gasteiger charge is 2.13. The van der Waals surface area contributed by atoms with Gasteiger partial charge in [-0.2, -0.15) is 0 Å². The molecule has 8 heavy (non-hydrogen) atoms. The van der Waals surface area contributed by atoms with Gasteiger partial charge in [0.15, 0.2) is 0 Å². The van der Waals surface area contributed by atoms with Gasteiger partial charge in [0.05, 0.1) is 0 Å². The van der Waals surface area contributed by atoms with Gasteiger partial charge in [-0.05, 0) is 20.8 Å². The molecule has 0 spiro atoms. The second-order valence-electron chi connectivity index (χ2n) is 2.49. The first kappa shape index (κ1) is 9.64. The Kier molecular flexibility index (Phi) is 4.48. The van der Waals surface area contributed by atoms with Gasteiger partial charge in [0.2, 0.25) is 0 Å². The second-order valence-corrected chi connectivity index (χ2v) is 17.2. The lowest BCUT2D eigenvalue weighted by atomic mass is 10.2. The van der Waals surface area contributed by atoms with Crippen LogP contribution >= 0.6 is 43.6 Å². The van der Waals surface area contributed by atoms with Gasteiger partial charge in [-0.3, -0.25) is 0 Å². The highest BCUT2D eigenvalue weighted by Crippen LogP contribution is 2.15. The van der Waals surface area contributed by atoms with Gasteiger partial charge in [-0.15, -0.1) is 0 Å². The van der Waals surface area contributed by atoms with E-state index in [1.165, 1.54) is 0 Å². The van der Waals surface area contributed by atoms with Gasteiger partial charge in [-0.1, -0.05) is 43.6 Å². The predicted molar refractivity (Wildman–Crippen MR) is 56.0 cm³/mol. The van der Waals surface area contributed by atoms with Crippen molar-refractivity contribution in [3.8, 4) is 0 Å². The maximum atomic E-state index is 5.55. The van der Waals surface area contributed by atoms with Gasteiger partial charge < -0.3 is 4.43 Å². The van der Waals surface area contributed by atoms with Crippen LogP contribution in [0.1, 0.15) is 20.8 Å². The molecule has 0 aliphatic heterocycles. The van der Waals surface area contributed by atoms with Gasteiger partial charge in [0.1, 0.15) is 0 Å². The number of hydrogen-bond acceptors (Lipinski definition) is 1. The van der Waals surface area contributed by atoms with Crippen LogP contribution in [0.15, 0.2) is 0 Å². The first-order valence-corrected chi connectivity index (χ1v) is 11.2. The maximum Gasteiger partial charge on any atom is 0.309 e. The Labute approximate surface area is 77.7 Å². The Bertz CT molecular complexity index is 68.9. The van der Waals surface area contributed by atoms with E-state index in [-0.39, 0.29) is 5.60 Å². The van der Waals surface area contributed by atoms with Gasteiger partial charge >= 0.3 is 4.03 Å². The Hall–Kier alpha value is 1.64. The van der Waals surface area contributed by atoms with Crippen molar-refractivity contribution in [1.29, 1.82) is 0 Å². The predicted octanol–water partition coefficient (Wildman–Crippen LogP) is 2.39. The first-order valence-electron chi connectivity index (χ1n) is 2.38. The molecular weight excluding hydrogens is 346 g/mol. The van der Waals surface area contributed by atoms with Crippen molar-refractivity contribution < 1.29 is 4.43 Å². The third-order valence-electron chi connectivity index (χ3n) is 0.443. The SMILES string of the molecule is CC(C)(C)O[SiH](I)I. The van der Waals surface area contributed by atoms with E-state index in [0.29, 0.717) is 0 Å². The lowest BCUT2D eigenvalue weighted by molar-refractivity contribution is 0.144. The van der Waals surface area contributed by atoms with Crippen LogP contribution in [0.5, 0.6) is 0 Å². The standard InChI is InChI=1S/C4H10I2OSi/c1-4(2,3)7-8(5)6/h8H,1-3H3. The molecule has 0 N–H and O–H groups in total. The van der Waals surface area contributed by atoms with Crippen LogP contribution < -0.4 is 0 Å². The molecule has 50 valence electrons. The summed E-state index contributed by atoms with van der Waals surface area (Å²) in [5.74, 6) is 0. The Morgan fingerprint density at radius 3 is 1.62 bits per heavy atom. The van der Waals surface area contributed by atoms with Crippen LogP contribution in [0.2, 0.25) is 0 Å². The van der Waals surface area contributed by atoms with E-state index in [0.717, 1.165) is 0 Å². The third kappa shape index (κ3) is 7.64. The molecule has 0 aromatic rings. The van der Waals surface area contributed by atoms with Crippen molar-refractivity contribution in [2.75, 3.05) is 0 Å². The van der Waals surface area contributed by atoms with Gasteiger partial charge in [0, 0.05) is 5.60 Å². The quantitative estimate of drug-likeness (QED) is 0.398. The van der Waals surface area contributed by atoms with E-state index in [4.69, 9.17) is 4.43 Å². The maximum absolute atomic E-state index is 5.55. The summed E-state index contributed by atoms with van der Waals surface area (Å²) in [6.07, 6.45) is 0. The van der Waals surface area contributed by atoms with E-state index in [9.17, 15) is 0 Å². The molecule has 0 aromatic heterocycles. The van der Waals surface area contributed by atoms with Crippen LogP contribution in [0.25, 0.3) is 0 Å². The van der Waals surface area contributed by atoms with Crippen molar-refractivity contribution in [1.82, 2.24) is 0 Å². The minimum Gasteiger partial charge on any atom is -0.397 e. The summed E-state index contributed by atoms with van der Waals surface area (Å²) in [5.41, 5.74) is 0.0687. The summed E-state index contributed by atoms with van der Waals surface area (Å²) in [7, 11) is 0. The molecule has 0 rings (SSSR count). The summed E-state index contributed by atoms with van der Waals surface area (Å²) < 4.78 is 4.69. The molecule has 0 radical (unpaired) electrons. The molecule has 4 heteroatoms. The fourth-order valence-electron chi connectivity index (χ4n) is 0.267. The Balaban J connectivity index is 3.39. The topological polar surface area (TPSA) is 9.23 Å². The number of halogens is 2. The monoisotopic (exact) mass is 356 g/mol. The number of rotatable bonds is 1. The average molecular weight is 356 g/mol. The Morgan fingerprint density at radius 1 is 1.25 bits per heavy atom. The average Bonchev–Trinajstić information content (AvgIpc) is 1.21. The normalized spacial score (nSPS) is 12.8. The highest BCUT2D eigenvalue weighted by atomic mass is 127. The zero-order valence-corrected chi connectivity index (χ0v) is 10.7. The minimum atomic E-state index is -0.856. The van der Waals surface area contributed by atoms with Crippen molar-refractivity contribution in [3.05, 3.63) is 0 Å². The van der Waals surface area contributed by atoms with E-state index in [1.54, 1.807) is 0 Å². The smallest absolute Gasteiger partial charge is 0.309 e. The van der Waals surface area contributed by atoms with Crippen molar-refractivity contribution in [2.24, 2.45) is 0 Å². The summed E-state index contributed by atoms with van der Waals surface area (Å²) in [6, 6.07) is 0. The third-order valence-corrected chi connectivity index (χ3v) is 2.85. The molecule has 0 atom stereocenters. The highest BCUT2D eigenvalue weighted by molar-refractivity contribution is 14.3. The van der Waals surface area contributed by atoms with Crippen molar-refractivity contribution in [3.63, 3.8) is 0 Å².